The summed E-state index contributed by atoms with van der Waals surface area (Å²) >= 11 is 6.29. The number of thiophene rings is 1. The van der Waals surface area contributed by atoms with Gasteiger partial charge in [0.05, 0.1) is 8.66 Å². The fourth-order valence-electron chi connectivity index (χ4n) is 2.53. The highest BCUT2D eigenvalue weighted by Crippen LogP contribution is 2.22. The first-order chi connectivity index (χ1) is 11.5. The third-order valence-corrected chi connectivity index (χ3v) is 6.25. The maximum Gasteiger partial charge on any atom is 0.262 e. The molecule has 2 amide bonds. The van der Waals surface area contributed by atoms with Crippen LogP contribution in [0.4, 0.5) is 5.13 Å². The molecule has 2 aromatic rings. The Kier molecular flexibility index (Phi) is 5.52. The number of hydrogen-bond donors (Lipinski definition) is 1. The van der Waals surface area contributed by atoms with Gasteiger partial charge in [-0.3, -0.25) is 9.59 Å². The Morgan fingerprint density at radius 2 is 2.04 bits per heavy atom. The van der Waals surface area contributed by atoms with Crippen LogP contribution in [-0.2, 0) is 4.79 Å². The molecule has 1 saturated heterocycles. The van der Waals surface area contributed by atoms with Gasteiger partial charge >= 0.3 is 0 Å². The minimum Gasteiger partial charge on any atom is -0.345 e. The number of anilines is 1. The van der Waals surface area contributed by atoms with Gasteiger partial charge in [-0.25, -0.2) is 4.98 Å². The molecule has 2 aromatic heterocycles. The van der Waals surface area contributed by atoms with E-state index in [9.17, 15) is 9.59 Å². The number of carbonyl (C=O) groups excluding carboxylic acids is 2. The minimum atomic E-state index is -0.537. The molecule has 3 rings (SSSR count). The van der Waals surface area contributed by atoms with Crippen LogP contribution < -0.4 is 10.2 Å². The van der Waals surface area contributed by atoms with Crippen molar-refractivity contribution < 1.29 is 9.59 Å². The number of thiazole rings is 1. The van der Waals surface area contributed by atoms with Gasteiger partial charge in [0.25, 0.3) is 5.91 Å². The van der Waals surface area contributed by atoms with Crippen LogP contribution >= 0.6 is 38.6 Å². The molecule has 128 valence electrons. The topological polar surface area (TPSA) is 65.5 Å². The van der Waals surface area contributed by atoms with Gasteiger partial charge in [-0.05, 0) is 35.0 Å². The molecule has 24 heavy (non-hydrogen) atoms. The number of amides is 2. The number of rotatable bonds is 4. The van der Waals surface area contributed by atoms with Gasteiger partial charge in [0.2, 0.25) is 5.91 Å². The van der Waals surface area contributed by atoms with Crippen LogP contribution in [-0.4, -0.2) is 53.9 Å². The molecule has 0 saturated carbocycles. The lowest BCUT2D eigenvalue weighted by molar-refractivity contribution is -0.133. The predicted molar refractivity (Wildman–Crippen MR) is 99.9 cm³/mol. The van der Waals surface area contributed by atoms with Gasteiger partial charge in [0, 0.05) is 37.8 Å². The molecule has 0 radical (unpaired) electrons. The zero-order valence-electron chi connectivity index (χ0n) is 13.1. The molecule has 1 aliphatic rings. The Hall–Kier alpha value is -1.45. The van der Waals surface area contributed by atoms with Crippen molar-refractivity contribution in [1.29, 1.82) is 0 Å². The molecular formula is C15H17BrN4O2S2. The quantitative estimate of drug-likeness (QED) is 0.811. The third kappa shape index (κ3) is 3.96. The smallest absolute Gasteiger partial charge is 0.262 e. The lowest BCUT2D eigenvalue weighted by atomic mass is 10.2. The monoisotopic (exact) mass is 428 g/mol. The van der Waals surface area contributed by atoms with E-state index >= 15 is 0 Å². The zero-order valence-corrected chi connectivity index (χ0v) is 16.3. The van der Waals surface area contributed by atoms with Crippen molar-refractivity contribution >= 4 is 55.5 Å². The average molecular weight is 429 g/mol. The van der Waals surface area contributed by atoms with Crippen molar-refractivity contribution in [3.63, 3.8) is 0 Å². The maximum atomic E-state index is 12.5. The second kappa shape index (κ2) is 7.62. The summed E-state index contributed by atoms with van der Waals surface area (Å²) in [6.45, 7) is 4.54. The van der Waals surface area contributed by atoms with Crippen LogP contribution in [0.5, 0.6) is 0 Å². The van der Waals surface area contributed by atoms with E-state index in [0.29, 0.717) is 18.0 Å². The number of nitrogens with one attached hydrogen (secondary N) is 1. The lowest BCUT2D eigenvalue weighted by Gasteiger charge is -2.35. The number of nitrogens with zero attached hydrogens (tertiary/aromatic N) is 3. The summed E-state index contributed by atoms with van der Waals surface area (Å²) in [5.74, 6) is -0.259. The normalized spacial score (nSPS) is 16.1. The van der Waals surface area contributed by atoms with E-state index in [0.717, 1.165) is 22.0 Å². The van der Waals surface area contributed by atoms with Gasteiger partial charge < -0.3 is 15.1 Å². The lowest BCUT2D eigenvalue weighted by Crippen LogP contribution is -2.54. The molecule has 1 atom stereocenters. The highest BCUT2D eigenvalue weighted by atomic mass is 79.9. The molecule has 1 aliphatic heterocycles. The maximum absolute atomic E-state index is 12.5. The summed E-state index contributed by atoms with van der Waals surface area (Å²) in [6.07, 6.45) is 1.79. The molecule has 9 heteroatoms. The molecule has 0 aromatic carbocycles. The number of halogens is 1. The van der Waals surface area contributed by atoms with Crippen LogP contribution in [0.3, 0.4) is 0 Å². The Morgan fingerprint density at radius 1 is 1.29 bits per heavy atom. The molecule has 3 heterocycles. The molecule has 0 spiro atoms. The van der Waals surface area contributed by atoms with E-state index < -0.39 is 6.04 Å². The van der Waals surface area contributed by atoms with Gasteiger partial charge in [-0.1, -0.05) is 0 Å². The van der Waals surface area contributed by atoms with Gasteiger partial charge in [0.15, 0.2) is 5.13 Å². The Balaban J connectivity index is 1.52. The van der Waals surface area contributed by atoms with Crippen molar-refractivity contribution in [2.75, 3.05) is 31.1 Å². The van der Waals surface area contributed by atoms with E-state index in [4.69, 9.17) is 0 Å². The first-order valence-electron chi connectivity index (χ1n) is 7.54. The molecule has 1 fully saturated rings. The standard InChI is InChI=1S/C15H17BrN4O2S2/c1-10(18-13(21)11-2-3-12(16)24-11)14(22)19-5-7-20(8-6-19)15-17-4-9-23-15/h2-4,9-10H,5-8H2,1H3,(H,18,21). The number of carbonyl (C=O) groups is 2. The van der Waals surface area contributed by atoms with Gasteiger partial charge in [-0.15, -0.1) is 22.7 Å². The van der Waals surface area contributed by atoms with Crippen molar-refractivity contribution in [3.05, 3.63) is 32.4 Å². The van der Waals surface area contributed by atoms with E-state index in [-0.39, 0.29) is 11.8 Å². The fraction of sp³-hybridized carbons (Fsp3) is 0.400. The largest absolute Gasteiger partial charge is 0.345 e. The van der Waals surface area contributed by atoms with Crippen LogP contribution in [0, 0.1) is 0 Å². The first-order valence-corrected chi connectivity index (χ1v) is 10.0. The van der Waals surface area contributed by atoms with E-state index in [1.165, 1.54) is 11.3 Å². The number of hydrogen-bond acceptors (Lipinski definition) is 6. The fourth-order valence-corrected chi connectivity index (χ4v) is 4.52. The second-order valence-electron chi connectivity index (χ2n) is 5.43. The molecular weight excluding hydrogens is 412 g/mol. The van der Waals surface area contributed by atoms with E-state index in [1.54, 1.807) is 35.4 Å². The Labute approximate surface area is 156 Å². The minimum absolute atomic E-state index is 0.0437. The van der Waals surface area contributed by atoms with E-state index in [2.05, 4.69) is 31.1 Å². The average Bonchev–Trinajstić information content (AvgIpc) is 3.26. The number of piperazine rings is 1. The number of aromatic nitrogens is 1. The van der Waals surface area contributed by atoms with Crippen molar-refractivity contribution in [1.82, 2.24) is 15.2 Å². The molecule has 1 unspecified atom stereocenters. The summed E-state index contributed by atoms with van der Waals surface area (Å²) in [4.78, 5) is 33.6. The summed E-state index contributed by atoms with van der Waals surface area (Å²) in [7, 11) is 0. The third-order valence-electron chi connectivity index (χ3n) is 3.80. The summed E-state index contributed by atoms with van der Waals surface area (Å²) in [5, 5.41) is 5.73. The van der Waals surface area contributed by atoms with Crippen LogP contribution in [0.15, 0.2) is 27.5 Å². The summed E-state index contributed by atoms with van der Waals surface area (Å²) in [6, 6.07) is 3.03. The molecule has 1 N–H and O–H groups in total. The van der Waals surface area contributed by atoms with Gasteiger partial charge in [0.1, 0.15) is 6.04 Å². The Bertz CT molecular complexity index is 711. The van der Waals surface area contributed by atoms with Gasteiger partial charge in [-0.2, -0.15) is 0 Å². The zero-order chi connectivity index (χ0) is 17.1. The van der Waals surface area contributed by atoms with Crippen molar-refractivity contribution in [3.8, 4) is 0 Å². The molecule has 0 bridgehead atoms. The summed E-state index contributed by atoms with van der Waals surface area (Å²) in [5.41, 5.74) is 0. The highest BCUT2D eigenvalue weighted by Gasteiger charge is 2.27. The Morgan fingerprint density at radius 3 is 2.62 bits per heavy atom. The van der Waals surface area contributed by atoms with Crippen molar-refractivity contribution in [2.45, 2.75) is 13.0 Å². The second-order valence-corrected chi connectivity index (χ2v) is 8.76. The molecule has 0 aliphatic carbocycles. The predicted octanol–water partition coefficient (Wildman–Crippen LogP) is 2.43. The van der Waals surface area contributed by atoms with Crippen LogP contribution in [0.1, 0.15) is 16.6 Å². The highest BCUT2D eigenvalue weighted by molar-refractivity contribution is 9.11. The first kappa shape index (κ1) is 17.4. The molecule has 6 nitrogen and oxygen atoms in total. The van der Waals surface area contributed by atoms with Crippen LogP contribution in [0.25, 0.3) is 0 Å². The van der Waals surface area contributed by atoms with Crippen molar-refractivity contribution in [2.24, 2.45) is 0 Å². The van der Waals surface area contributed by atoms with Crippen LogP contribution in [0.2, 0.25) is 0 Å². The van der Waals surface area contributed by atoms with E-state index in [1.807, 2.05) is 11.4 Å². The summed E-state index contributed by atoms with van der Waals surface area (Å²) < 4.78 is 0.893. The SMILES string of the molecule is CC(NC(=O)c1ccc(Br)s1)C(=O)N1CCN(c2nccs2)CC1.